The van der Waals surface area contributed by atoms with Gasteiger partial charge in [-0.25, -0.2) is 4.79 Å². The second-order valence-corrected chi connectivity index (χ2v) is 7.73. The van der Waals surface area contributed by atoms with Gasteiger partial charge in [-0.15, -0.1) is 0 Å². The quantitative estimate of drug-likeness (QED) is 0.409. The molecule has 0 saturated heterocycles. The van der Waals surface area contributed by atoms with Crippen LogP contribution in [0, 0.1) is 0 Å². The Morgan fingerprint density at radius 1 is 1.17 bits per heavy atom. The van der Waals surface area contributed by atoms with Gasteiger partial charge in [0.1, 0.15) is 5.75 Å². The van der Waals surface area contributed by atoms with E-state index in [4.69, 9.17) is 0 Å². The van der Waals surface area contributed by atoms with Crippen LogP contribution in [0.15, 0.2) is 60.8 Å². The van der Waals surface area contributed by atoms with Crippen molar-refractivity contribution in [3.05, 3.63) is 77.5 Å². The zero-order valence-electron chi connectivity index (χ0n) is 16.3. The van der Waals surface area contributed by atoms with Crippen LogP contribution >= 0.6 is 0 Å². The molecule has 0 saturated carbocycles. The zero-order valence-corrected chi connectivity index (χ0v) is 16.3. The largest absolute Gasteiger partial charge is 0.508 e. The summed E-state index contributed by atoms with van der Waals surface area (Å²) in [7, 11) is 0. The lowest BCUT2D eigenvalue weighted by Gasteiger charge is -2.29. The molecule has 1 aromatic heterocycles. The molecule has 29 heavy (non-hydrogen) atoms. The summed E-state index contributed by atoms with van der Waals surface area (Å²) in [6.45, 7) is 2.96. The van der Waals surface area contributed by atoms with Crippen LogP contribution in [0.5, 0.6) is 5.75 Å². The Bertz CT molecular complexity index is 1040. The molecule has 0 spiro atoms. The van der Waals surface area contributed by atoms with Crippen molar-refractivity contribution in [3.8, 4) is 5.75 Å². The third-order valence-corrected chi connectivity index (χ3v) is 5.67. The molecule has 0 aliphatic carbocycles. The molecule has 2 heterocycles. The first-order valence-corrected chi connectivity index (χ1v) is 10.1. The van der Waals surface area contributed by atoms with Gasteiger partial charge < -0.3 is 15.2 Å². The smallest absolute Gasteiger partial charge is 0.335 e. The Balaban J connectivity index is 1.31. The molecular formula is C24H26N2O3. The molecule has 3 aromatic rings. The molecule has 1 unspecified atom stereocenters. The molecule has 1 atom stereocenters. The van der Waals surface area contributed by atoms with Crippen molar-refractivity contribution >= 4 is 16.9 Å². The molecule has 5 heteroatoms. The summed E-state index contributed by atoms with van der Waals surface area (Å²) in [4.78, 5) is 16.9. The molecule has 4 rings (SSSR count). The van der Waals surface area contributed by atoms with Crippen molar-refractivity contribution in [2.24, 2.45) is 0 Å². The van der Waals surface area contributed by atoms with Gasteiger partial charge in [-0.1, -0.05) is 24.3 Å². The number of nitrogens with zero attached hydrogens (tertiary/aromatic N) is 1. The standard InChI is InChI=1S/C24H26N2O3/c27-21-8-3-6-17(13-21)20-7-4-12-26(16-20)11-2-1-5-19-15-25-23-10-9-18(24(28)29)14-22(19)23/h3-4,6-10,13-15,20,25,27H,1-2,5,11-12,16H2,(H,28,29). The van der Waals surface area contributed by atoms with Gasteiger partial charge in [0.15, 0.2) is 0 Å². The normalized spacial score (nSPS) is 17.0. The highest BCUT2D eigenvalue weighted by atomic mass is 16.4. The van der Waals surface area contributed by atoms with Crippen LogP contribution in [-0.4, -0.2) is 45.7 Å². The number of hydrogen-bond donors (Lipinski definition) is 3. The highest BCUT2D eigenvalue weighted by molar-refractivity contribution is 5.94. The van der Waals surface area contributed by atoms with Gasteiger partial charge in [0, 0.05) is 36.1 Å². The van der Waals surface area contributed by atoms with Crippen molar-refractivity contribution in [2.45, 2.75) is 25.2 Å². The number of carboxylic acid groups (broad SMARTS) is 1. The summed E-state index contributed by atoms with van der Waals surface area (Å²) in [6.07, 6.45) is 9.52. The lowest BCUT2D eigenvalue weighted by atomic mass is 9.95. The highest BCUT2D eigenvalue weighted by Gasteiger charge is 2.17. The molecule has 0 radical (unpaired) electrons. The topological polar surface area (TPSA) is 76.6 Å². The summed E-state index contributed by atoms with van der Waals surface area (Å²) in [6, 6.07) is 12.8. The van der Waals surface area contributed by atoms with Gasteiger partial charge in [-0.3, -0.25) is 4.90 Å². The monoisotopic (exact) mass is 390 g/mol. The number of unbranched alkanes of at least 4 members (excludes halogenated alkanes) is 1. The van der Waals surface area contributed by atoms with Crippen molar-refractivity contribution in [2.75, 3.05) is 19.6 Å². The zero-order chi connectivity index (χ0) is 20.2. The minimum absolute atomic E-state index is 0.317. The lowest BCUT2D eigenvalue weighted by Crippen LogP contribution is -2.32. The van der Waals surface area contributed by atoms with Crippen LogP contribution < -0.4 is 0 Å². The summed E-state index contributed by atoms with van der Waals surface area (Å²) in [5, 5.41) is 19.9. The number of phenolic OH excluding ortho intramolecular Hbond substituents is 1. The van der Waals surface area contributed by atoms with E-state index in [0.717, 1.165) is 55.4 Å². The van der Waals surface area contributed by atoms with E-state index in [1.54, 1.807) is 18.2 Å². The van der Waals surface area contributed by atoms with Gasteiger partial charge in [0.05, 0.1) is 5.56 Å². The van der Waals surface area contributed by atoms with Crippen molar-refractivity contribution in [1.29, 1.82) is 0 Å². The molecule has 1 aliphatic heterocycles. The summed E-state index contributed by atoms with van der Waals surface area (Å²) in [5.74, 6) is -0.254. The van der Waals surface area contributed by atoms with E-state index in [1.807, 2.05) is 24.4 Å². The van der Waals surface area contributed by atoms with E-state index >= 15 is 0 Å². The summed E-state index contributed by atoms with van der Waals surface area (Å²) >= 11 is 0. The lowest BCUT2D eigenvalue weighted by molar-refractivity contribution is 0.0697. The number of carbonyl (C=O) groups is 1. The number of benzene rings is 2. The van der Waals surface area contributed by atoms with E-state index < -0.39 is 5.97 Å². The minimum Gasteiger partial charge on any atom is -0.508 e. The maximum Gasteiger partial charge on any atom is 0.335 e. The van der Waals surface area contributed by atoms with Crippen LogP contribution in [-0.2, 0) is 6.42 Å². The third kappa shape index (κ3) is 4.51. The number of aromatic carboxylic acids is 1. The Hall–Kier alpha value is -3.05. The molecule has 150 valence electrons. The fourth-order valence-corrected chi connectivity index (χ4v) is 4.11. The number of aromatic nitrogens is 1. The van der Waals surface area contributed by atoms with Crippen LogP contribution in [0.4, 0.5) is 0 Å². The summed E-state index contributed by atoms with van der Waals surface area (Å²) in [5.41, 5.74) is 3.65. The average molecular weight is 390 g/mol. The maximum atomic E-state index is 11.2. The first-order chi connectivity index (χ1) is 14.1. The van der Waals surface area contributed by atoms with Crippen molar-refractivity contribution in [1.82, 2.24) is 9.88 Å². The Kier molecular flexibility index (Phi) is 5.67. The van der Waals surface area contributed by atoms with E-state index in [0.29, 0.717) is 17.2 Å². The van der Waals surface area contributed by atoms with Crippen molar-refractivity contribution in [3.63, 3.8) is 0 Å². The van der Waals surface area contributed by atoms with Crippen molar-refractivity contribution < 1.29 is 15.0 Å². The molecule has 1 aliphatic rings. The number of H-pyrrole nitrogens is 1. The number of hydrogen-bond acceptors (Lipinski definition) is 3. The van der Waals surface area contributed by atoms with E-state index in [9.17, 15) is 15.0 Å². The summed E-state index contributed by atoms with van der Waals surface area (Å²) < 4.78 is 0. The molecular weight excluding hydrogens is 364 g/mol. The minimum atomic E-state index is -0.890. The van der Waals surface area contributed by atoms with E-state index in [1.165, 1.54) is 5.56 Å². The van der Waals surface area contributed by atoms with Crippen LogP contribution in [0.25, 0.3) is 10.9 Å². The maximum absolute atomic E-state index is 11.2. The SMILES string of the molecule is O=C(O)c1ccc2[nH]cc(CCCCN3CC=CC(c4cccc(O)c4)C3)c2c1. The van der Waals surface area contributed by atoms with E-state index in [2.05, 4.69) is 28.1 Å². The van der Waals surface area contributed by atoms with E-state index in [-0.39, 0.29) is 0 Å². The molecule has 0 bridgehead atoms. The third-order valence-electron chi connectivity index (χ3n) is 5.67. The molecule has 0 fully saturated rings. The fraction of sp³-hybridized carbons (Fsp3) is 0.292. The van der Waals surface area contributed by atoms with Gasteiger partial charge in [0.25, 0.3) is 0 Å². The predicted octanol–water partition coefficient (Wildman–Crippen LogP) is 4.55. The van der Waals surface area contributed by atoms with Gasteiger partial charge in [-0.05, 0) is 67.3 Å². The second kappa shape index (κ2) is 8.53. The molecule has 0 amide bonds. The number of aryl methyl sites for hydroxylation is 1. The Morgan fingerprint density at radius 2 is 2.07 bits per heavy atom. The fourth-order valence-electron chi connectivity index (χ4n) is 4.11. The Labute approximate surface area is 170 Å². The van der Waals surface area contributed by atoms with Gasteiger partial charge in [0.2, 0.25) is 0 Å². The molecule has 3 N–H and O–H groups in total. The number of carboxylic acids is 1. The molecule has 5 nitrogen and oxygen atoms in total. The number of nitrogens with one attached hydrogen (secondary N) is 1. The molecule has 2 aromatic carbocycles. The number of rotatable bonds is 7. The number of aromatic amines is 1. The number of phenols is 1. The van der Waals surface area contributed by atoms with Gasteiger partial charge in [-0.2, -0.15) is 0 Å². The van der Waals surface area contributed by atoms with Gasteiger partial charge >= 0.3 is 5.97 Å². The predicted molar refractivity (Wildman–Crippen MR) is 115 cm³/mol. The van der Waals surface area contributed by atoms with Crippen LogP contribution in [0.2, 0.25) is 0 Å². The number of aromatic hydroxyl groups is 1. The van der Waals surface area contributed by atoms with Crippen LogP contribution in [0.1, 0.15) is 40.2 Å². The van der Waals surface area contributed by atoms with Crippen LogP contribution in [0.3, 0.4) is 0 Å². The first-order valence-electron chi connectivity index (χ1n) is 10.1. The Morgan fingerprint density at radius 3 is 2.90 bits per heavy atom. The second-order valence-electron chi connectivity index (χ2n) is 7.73. The highest BCUT2D eigenvalue weighted by Crippen LogP contribution is 2.25. The first kappa shape index (κ1) is 19.3. The average Bonchev–Trinajstić information content (AvgIpc) is 3.13. The number of fused-ring (bicyclic) bond motifs is 1.